The molecule has 8 nitrogen and oxygen atoms in total. The lowest BCUT2D eigenvalue weighted by Gasteiger charge is -2.07. The van der Waals surface area contributed by atoms with E-state index >= 15 is 0 Å². The maximum absolute atomic E-state index is 12.0. The number of methoxy groups -OCH3 is 1. The number of fused-ring (bicyclic) bond motifs is 1. The standard InChI is InChI=1S/C13H12ClN5O3/c1-21-13(20)11-8(14)3-2-7-5-16-19(12(7)11)6-9-17-10(4-15)22-18-9/h2-3,5H,4,6,15H2,1H3. The highest BCUT2D eigenvalue weighted by Crippen LogP contribution is 2.27. The monoisotopic (exact) mass is 321 g/mol. The Morgan fingerprint density at radius 3 is 3.00 bits per heavy atom. The smallest absolute Gasteiger partial charge is 0.341 e. The van der Waals surface area contributed by atoms with Crippen molar-refractivity contribution in [3.63, 3.8) is 0 Å². The van der Waals surface area contributed by atoms with Gasteiger partial charge in [0.15, 0.2) is 5.82 Å². The SMILES string of the molecule is COC(=O)c1c(Cl)ccc2cnn(Cc3noc(CN)n3)c12. The van der Waals surface area contributed by atoms with Crippen molar-refractivity contribution in [1.29, 1.82) is 0 Å². The predicted octanol–water partition coefficient (Wildman–Crippen LogP) is 1.37. The number of benzene rings is 1. The summed E-state index contributed by atoms with van der Waals surface area (Å²) in [6.07, 6.45) is 1.63. The van der Waals surface area contributed by atoms with Crippen LogP contribution in [0.2, 0.25) is 5.02 Å². The number of halogens is 1. The molecule has 114 valence electrons. The molecule has 0 bridgehead atoms. The molecule has 0 amide bonds. The summed E-state index contributed by atoms with van der Waals surface area (Å²) in [6, 6.07) is 3.40. The molecule has 22 heavy (non-hydrogen) atoms. The number of carbonyl (C=O) groups is 1. The molecule has 2 N–H and O–H groups in total. The van der Waals surface area contributed by atoms with Crippen molar-refractivity contribution in [1.82, 2.24) is 19.9 Å². The summed E-state index contributed by atoms with van der Waals surface area (Å²) in [6.45, 7) is 0.378. The Labute approximate surface area is 129 Å². The average molecular weight is 322 g/mol. The quantitative estimate of drug-likeness (QED) is 0.722. The molecule has 0 spiro atoms. The molecule has 0 fully saturated rings. The number of rotatable bonds is 4. The number of hydrogen-bond acceptors (Lipinski definition) is 7. The van der Waals surface area contributed by atoms with Gasteiger partial charge in [0.05, 0.1) is 30.4 Å². The molecule has 0 aliphatic heterocycles. The van der Waals surface area contributed by atoms with E-state index in [4.69, 9.17) is 26.6 Å². The van der Waals surface area contributed by atoms with Gasteiger partial charge in [0, 0.05) is 5.39 Å². The molecule has 0 radical (unpaired) electrons. The van der Waals surface area contributed by atoms with Crippen LogP contribution in [-0.2, 0) is 17.8 Å². The van der Waals surface area contributed by atoms with Crippen molar-refractivity contribution in [3.8, 4) is 0 Å². The first kappa shape index (κ1) is 14.5. The first-order chi connectivity index (χ1) is 10.6. The first-order valence-corrected chi connectivity index (χ1v) is 6.75. The second-order valence-corrected chi connectivity index (χ2v) is 4.87. The van der Waals surface area contributed by atoms with Gasteiger partial charge in [-0.1, -0.05) is 16.8 Å². The van der Waals surface area contributed by atoms with Crippen LogP contribution in [0.5, 0.6) is 0 Å². The summed E-state index contributed by atoms with van der Waals surface area (Å²) in [5.74, 6) is 0.201. The fraction of sp³-hybridized carbons (Fsp3) is 0.231. The third-order valence-corrected chi connectivity index (χ3v) is 3.43. The Kier molecular flexibility index (Phi) is 3.78. The van der Waals surface area contributed by atoms with E-state index in [0.717, 1.165) is 5.39 Å². The van der Waals surface area contributed by atoms with Crippen LogP contribution >= 0.6 is 11.6 Å². The minimum Gasteiger partial charge on any atom is -0.465 e. The lowest BCUT2D eigenvalue weighted by atomic mass is 10.1. The molecule has 2 aromatic heterocycles. The highest BCUT2D eigenvalue weighted by Gasteiger charge is 2.20. The summed E-state index contributed by atoms with van der Waals surface area (Å²) in [7, 11) is 1.30. The summed E-state index contributed by atoms with van der Waals surface area (Å²) in [5.41, 5.74) is 6.24. The minimum absolute atomic E-state index is 0.159. The van der Waals surface area contributed by atoms with E-state index in [-0.39, 0.29) is 23.7 Å². The predicted molar refractivity (Wildman–Crippen MR) is 77.4 cm³/mol. The zero-order valence-electron chi connectivity index (χ0n) is 11.6. The van der Waals surface area contributed by atoms with Gasteiger partial charge in [0.25, 0.3) is 0 Å². The molecular weight excluding hydrogens is 310 g/mol. The zero-order chi connectivity index (χ0) is 15.7. The molecule has 0 aliphatic carbocycles. The van der Waals surface area contributed by atoms with Gasteiger partial charge >= 0.3 is 5.97 Å². The Balaban J connectivity index is 2.10. The van der Waals surface area contributed by atoms with Crippen molar-refractivity contribution in [2.24, 2.45) is 5.73 Å². The van der Waals surface area contributed by atoms with Gasteiger partial charge in [-0.2, -0.15) is 10.1 Å². The fourth-order valence-corrected chi connectivity index (χ4v) is 2.37. The number of ether oxygens (including phenoxy) is 1. The van der Waals surface area contributed by atoms with Crippen molar-refractivity contribution >= 4 is 28.5 Å². The molecule has 3 rings (SSSR count). The van der Waals surface area contributed by atoms with Crippen LogP contribution in [0.4, 0.5) is 0 Å². The Morgan fingerprint density at radius 2 is 2.32 bits per heavy atom. The van der Waals surface area contributed by atoms with Gasteiger partial charge in [-0.3, -0.25) is 4.68 Å². The lowest BCUT2D eigenvalue weighted by Crippen LogP contribution is -2.09. The molecule has 3 aromatic rings. The van der Waals surface area contributed by atoms with Gasteiger partial charge in [-0.25, -0.2) is 4.79 Å². The molecule has 1 aromatic carbocycles. The number of nitrogens with two attached hydrogens (primary N) is 1. The topological polar surface area (TPSA) is 109 Å². The zero-order valence-corrected chi connectivity index (χ0v) is 12.4. The fourth-order valence-electron chi connectivity index (χ4n) is 2.14. The summed E-state index contributed by atoms with van der Waals surface area (Å²) in [4.78, 5) is 16.1. The van der Waals surface area contributed by atoms with E-state index in [9.17, 15) is 4.79 Å². The first-order valence-electron chi connectivity index (χ1n) is 6.38. The number of esters is 1. The minimum atomic E-state index is -0.534. The largest absolute Gasteiger partial charge is 0.465 e. The Hall–Kier alpha value is -2.45. The van der Waals surface area contributed by atoms with E-state index in [1.54, 1.807) is 23.0 Å². The van der Waals surface area contributed by atoms with Crippen LogP contribution in [0.25, 0.3) is 10.9 Å². The summed E-state index contributed by atoms with van der Waals surface area (Å²) >= 11 is 6.13. The van der Waals surface area contributed by atoms with Gasteiger partial charge in [0.1, 0.15) is 12.1 Å². The highest BCUT2D eigenvalue weighted by atomic mass is 35.5. The number of hydrogen-bond donors (Lipinski definition) is 1. The maximum atomic E-state index is 12.0. The normalized spacial score (nSPS) is 11.0. The van der Waals surface area contributed by atoms with Crippen LogP contribution in [0.15, 0.2) is 22.9 Å². The van der Waals surface area contributed by atoms with Gasteiger partial charge in [-0.15, -0.1) is 0 Å². The Morgan fingerprint density at radius 1 is 1.50 bits per heavy atom. The van der Waals surface area contributed by atoms with Crippen molar-refractivity contribution in [2.75, 3.05) is 7.11 Å². The van der Waals surface area contributed by atoms with Crippen LogP contribution in [0.1, 0.15) is 22.1 Å². The van der Waals surface area contributed by atoms with E-state index in [1.165, 1.54) is 7.11 Å². The molecule has 0 saturated heterocycles. The molecule has 9 heteroatoms. The van der Waals surface area contributed by atoms with E-state index in [2.05, 4.69) is 15.2 Å². The third kappa shape index (κ3) is 2.42. The second-order valence-electron chi connectivity index (χ2n) is 4.46. The van der Waals surface area contributed by atoms with Gasteiger partial charge in [0.2, 0.25) is 5.89 Å². The summed E-state index contributed by atoms with van der Waals surface area (Å²) < 4.78 is 11.3. The molecule has 0 aliphatic rings. The molecular formula is C13H12ClN5O3. The van der Waals surface area contributed by atoms with Crippen molar-refractivity contribution in [3.05, 3.63) is 40.6 Å². The van der Waals surface area contributed by atoms with Crippen LogP contribution in [-0.4, -0.2) is 33.0 Å². The second kappa shape index (κ2) is 5.74. The molecule has 2 heterocycles. The van der Waals surface area contributed by atoms with Crippen molar-refractivity contribution < 1.29 is 14.1 Å². The van der Waals surface area contributed by atoms with Gasteiger partial charge < -0.3 is 15.0 Å². The van der Waals surface area contributed by atoms with Crippen LogP contribution in [0, 0.1) is 0 Å². The summed E-state index contributed by atoms with van der Waals surface area (Å²) in [5, 5.41) is 9.10. The molecule has 0 atom stereocenters. The molecule has 0 saturated carbocycles. The Bertz CT molecular complexity index is 841. The molecule has 0 unspecified atom stereocenters. The van der Waals surface area contributed by atoms with Crippen LogP contribution < -0.4 is 5.73 Å². The highest BCUT2D eigenvalue weighted by molar-refractivity contribution is 6.35. The number of carbonyl (C=O) groups excluding carboxylic acids is 1. The lowest BCUT2D eigenvalue weighted by molar-refractivity contribution is 0.0602. The van der Waals surface area contributed by atoms with E-state index < -0.39 is 5.97 Å². The third-order valence-electron chi connectivity index (χ3n) is 3.12. The maximum Gasteiger partial charge on any atom is 0.341 e. The van der Waals surface area contributed by atoms with Crippen LogP contribution in [0.3, 0.4) is 0 Å². The van der Waals surface area contributed by atoms with E-state index in [0.29, 0.717) is 17.2 Å². The number of aromatic nitrogens is 4. The van der Waals surface area contributed by atoms with Crippen molar-refractivity contribution in [2.45, 2.75) is 13.1 Å². The van der Waals surface area contributed by atoms with Gasteiger partial charge in [-0.05, 0) is 12.1 Å². The average Bonchev–Trinajstić information content (AvgIpc) is 3.14. The number of nitrogens with zero attached hydrogens (tertiary/aromatic N) is 4. The van der Waals surface area contributed by atoms with E-state index in [1.807, 2.05) is 0 Å².